The zero-order valence-corrected chi connectivity index (χ0v) is 20.2. The van der Waals surface area contributed by atoms with Crippen LogP contribution in [0.25, 0.3) is 0 Å². The van der Waals surface area contributed by atoms with Crippen molar-refractivity contribution in [2.75, 3.05) is 6.61 Å². The Labute approximate surface area is 183 Å². The lowest BCUT2D eigenvalue weighted by Gasteiger charge is -2.44. The highest BCUT2D eigenvalue weighted by Crippen LogP contribution is 2.54. The Kier molecular flexibility index (Phi) is 8.79. The first-order chi connectivity index (χ1) is 14.2. The van der Waals surface area contributed by atoms with Gasteiger partial charge in [0, 0.05) is 5.56 Å². The molecule has 0 heterocycles. The molecule has 0 aromatic heterocycles. The Bertz CT molecular complexity index is 756. The molecular weight excluding hydrogens is 395 g/mol. The summed E-state index contributed by atoms with van der Waals surface area (Å²) in [5.41, 5.74) is 2.61. The molecule has 1 saturated carbocycles. The van der Waals surface area contributed by atoms with Crippen molar-refractivity contribution in [3.63, 3.8) is 0 Å². The van der Waals surface area contributed by atoms with Gasteiger partial charge in [-0.1, -0.05) is 63.1 Å². The van der Waals surface area contributed by atoms with E-state index in [1.165, 1.54) is 0 Å². The smallest absolute Gasteiger partial charge is 0.324 e. The molecule has 0 saturated heterocycles. The molecule has 4 nitrogen and oxygen atoms in total. The molecule has 0 amide bonds. The Hall–Kier alpha value is -1.54. The second-order valence-corrected chi connectivity index (χ2v) is 10.2. The van der Waals surface area contributed by atoms with Crippen LogP contribution < -0.4 is 0 Å². The number of hydrogen-bond donors (Lipinski definition) is 0. The fourth-order valence-corrected chi connectivity index (χ4v) is 5.66. The lowest BCUT2D eigenvalue weighted by atomic mass is 9.61. The van der Waals surface area contributed by atoms with E-state index in [-0.39, 0.29) is 14.2 Å². The number of unbranched alkanes of at least 4 members (excludes halogenated alkanes) is 3. The van der Waals surface area contributed by atoms with E-state index in [2.05, 4.69) is 6.92 Å². The first-order valence-electron chi connectivity index (χ1n) is 11.4. The van der Waals surface area contributed by atoms with Crippen molar-refractivity contribution in [1.82, 2.24) is 0 Å². The van der Waals surface area contributed by atoms with E-state index >= 15 is 0 Å². The van der Waals surface area contributed by atoms with Crippen LogP contribution in [0.1, 0.15) is 98.7 Å². The van der Waals surface area contributed by atoms with E-state index < -0.39 is 16.5 Å². The normalized spacial score (nSPS) is 18.0. The number of hydrogen-bond acceptors (Lipinski definition) is 4. The lowest BCUT2D eigenvalue weighted by molar-refractivity contribution is -0.150. The van der Waals surface area contributed by atoms with Gasteiger partial charge in [-0.25, -0.2) is 0 Å². The van der Waals surface area contributed by atoms with Crippen molar-refractivity contribution in [3.05, 3.63) is 34.4 Å². The van der Waals surface area contributed by atoms with Gasteiger partial charge in [-0.2, -0.15) is 0 Å². The summed E-state index contributed by atoms with van der Waals surface area (Å²) >= 11 is 0. The zero-order valence-electron chi connectivity index (χ0n) is 19.3. The van der Waals surface area contributed by atoms with Crippen molar-refractivity contribution in [3.8, 4) is 0 Å². The SMILES string of the molecule is CCCCCCOC(=O)C(C)(P=O)C1(C(=O)c2c(C)cc(C)cc2C)CCCCC1. The zero-order chi connectivity index (χ0) is 22.4. The average Bonchev–Trinajstić information content (AvgIpc) is 2.72. The van der Waals surface area contributed by atoms with E-state index in [0.717, 1.165) is 61.6 Å². The van der Waals surface area contributed by atoms with Gasteiger partial charge in [0.2, 0.25) is 0 Å². The van der Waals surface area contributed by atoms with Gasteiger partial charge in [-0.15, -0.1) is 0 Å². The minimum Gasteiger partial charge on any atom is -0.465 e. The minimum atomic E-state index is -1.38. The van der Waals surface area contributed by atoms with Crippen molar-refractivity contribution in [2.45, 2.75) is 97.6 Å². The van der Waals surface area contributed by atoms with Gasteiger partial charge >= 0.3 is 5.97 Å². The van der Waals surface area contributed by atoms with Crippen molar-refractivity contribution >= 4 is 20.2 Å². The third-order valence-electron chi connectivity index (χ3n) is 6.79. The summed E-state index contributed by atoms with van der Waals surface area (Å²) in [6.07, 6.45) is 7.86. The lowest BCUT2D eigenvalue weighted by Crippen LogP contribution is -2.54. The standard InChI is InChI=1S/C25H37O4P/c1-6-7-8-12-15-29-23(27)24(5,30-28)25(13-10-9-11-14-25)22(26)21-19(3)16-18(2)17-20(21)4/h16-17H,6-15H2,1-5H3. The highest BCUT2D eigenvalue weighted by Gasteiger charge is 2.60. The molecule has 0 N–H and O–H groups in total. The molecule has 1 aliphatic carbocycles. The molecule has 0 radical (unpaired) electrons. The van der Waals surface area contributed by atoms with Gasteiger partial charge in [0.05, 0.1) is 12.0 Å². The van der Waals surface area contributed by atoms with Gasteiger partial charge in [0.25, 0.3) is 0 Å². The highest BCUT2D eigenvalue weighted by molar-refractivity contribution is 7.28. The summed E-state index contributed by atoms with van der Waals surface area (Å²) in [5.74, 6) is -0.556. The maximum atomic E-state index is 14.0. The van der Waals surface area contributed by atoms with E-state index in [4.69, 9.17) is 4.74 Å². The average molecular weight is 433 g/mol. The molecular formula is C25H37O4P. The van der Waals surface area contributed by atoms with Gasteiger partial charge in [-0.05, 0) is 58.1 Å². The summed E-state index contributed by atoms with van der Waals surface area (Å²) in [6, 6.07) is 4.02. The van der Waals surface area contributed by atoms with E-state index in [1.807, 2.05) is 32.9 Å². The van der Waals surface area contributed by atoms with Crippen LogP contribution in [-0.2, 0) is 14.1 Å². The monoisotopic (exact) mass is 432 g/mol. The Balaban J connectivity index is 2.42. The van der Waals surface area contributed by atoms with Crippen LogP contribution in [0.2, 0.25) is 0 Å². The number of ketones is 1. The van der Waals surface area contributed by atoms with E-state index in [9.17, 15) is 14.2 Å². The number of rotatable bonds is 10. The molecule has 2 rings (SSSR count). The maximum absolute atomic E-state index is 14.0. The second-order valence-electron chi connectivity index (χ2n) is 9.11. The van der Waals surface area contributed by atoms with Gasteiger partial charge < -0.3 is 4.74 Å². The molecule has 1 fully saturated rings. The topological polar surface area (TPSA) is 60.4 Å². The van der Waals surface area contributed by atoms with Crippen LogP contribution in [0.15, 0.2) is 12.1 Å². The van der Waals surface area contributed by atoms with Crippen LogP contribution >= 0.6 is 8.46 Å². The molecule has 30 heavy (non-hydrogen) atoms. The van der Waals surface area contributed by atoms with Crippen LogP contribution in [-0.4, -0.2) is 23.5 Å². The third kappa shape index (κ3) is 4.85. The Morgan fingerprint density at radius 1 is 1.03 bits per heavy atom. The Morgan fingerprint density at radius 2 is 1.63 bits per heavy atom. The highest BCUT2D eigenvalue weighted by atomic mass is 31.1. The number of carbonyl (C=O) groups excluding carboxylic acids is 2. The van der Waals surface area contributed by atoms with Crippen molar-refractivity contribution in [2.24, 2.45) is 5.41 Å². The van der Waals surface area contributed by atoms with Crippen LogP contribution in [0.4, 0.5) is 0 Å². The predicted molar refractivity (Wildman–Crippen MR) is 122 cm³/mol. The fraction of sp³-hybridized carbons (Fsp3) is 0.680. The first-order valence-corrected chi connectivity index (χ1v) is 12.2. The summed E-state index contributed by atoms with van der Waals surface area (Å²) in [6.45, 7) is 10.0. The summed E-state index contributed by atoms with van der Waals surface area (Å²) in [5, 5.41) is -1.38. The predicted octanol–water partition coefficient (Wildman–Crippen LogP) is 6.92. The molecule has 0 spiro atoms. The number of aryl methyl sites for hydroxylation is 3. The number of esters is 1. The molecule has 5 heteroatoms. The van der Waals surface area contributed by atoms with Gasteiger partial charge in [-0.3, -0.25) is 14.2 Å². The number of ether oxygens (including phenoxy) is 1. The van der Waals surface area contributed by atoms with Gasteiger partial charge in [0.1, 0.15) is 0 Å². The molecule has 166 valence electrons. The number of carbonyl (C=O) groups is 2. The molecule has 1 aliphatic rings. The summed E-state index contributed by atoms with van der Waals surface area (Å²) in [4.78, 5) is 27.3. The first kappa shape index (κ1) is 24.7. The molecule has 1 aromatic rings. The molecule has 1 unspecified atom stereocenters. The fourth-order valence-electron chi connectivity index (χ4n) is 5.02. The Morgan fingerprint density at radius 3 is 2.17 bits per heavy atom. The van der Waals surface area contributed by atoms with E-state index in [0.29, 0.717) is 25.0 Å². The number of Topliss-reactive ketones (excluding diaryl/α,β-unsaturated/α-hetero) is 1. The minimum absolute atomic E-state index is 0.0500. The molecule has 1 aromatic carbocycles. The molecule has 0 aliphatic heterocycles. The van der Waals surface area contributed by atoms with Crippen LogP contribution in [0.3, 0.4) is 0 Å². The second kappa shape index (κ2) is 10.7. The van der Waals surface area contributed by atoms with Crippen molar-refractivity contribution in [1.29, 1.82) is 0 Å². The summed E-state index contributed by atoms with van der Waals surface area (Å²) in [7, 11) is -0.337. The van der Waals surface area contributed by atoms with E-state index in [1.54, 1.807) is 6.92 Å². The quantitative estimate of drug-likeness (QED) is 0.174. The van der Waals surface area contributed by atoms with Crippen LogP contribution in [0, 0.1) is 26.2 Å². The molecule has 1 atom stereocenters. The third-order valence-corrected chi connectivity index (χ3v) is 7.76. The van der Waals surface area contributed by atoms with Gasteiger partial charge in [0.15, 0.2) is 19.4 Å². The molecule has 0 bridgehead atoms. The van der Waals surface area contributed by atoms with Crippen molar-refractivity contribution < 1.29 is 18.9 Å². The maximum Gasteiger partial charge on any atom is 0.324 e. The number of benzene rings is 1. The van der Waals surface area contributed by atoms with Crippen LogP contribution in [0.5, 0.6) is 0 Å². The summed E-state index contributed by atoms with van der Waals surface area (Å²) < 4.78 is 18.1. The largest absolute Gasteiger partial charge is 0.465 e.